The Morgan fingerprint density at radius 3 is 3.05 bits per heavy atom. The largest absolute Gasteiger partial charge is 0.472 e. The van der Waals surface area contributed by atoms with Crippen molar-refractivity contribution in [1.82, 2.24) is 15.6 Å². The van der Waals surface area contributed by atoms with Crippen molar-refractivity contribution in [3.8, 4) is 5.88 Å². The summed E-state index contributed by atoms with van der Waals surface area (Å²) >= 11 is 0. The molecule has 1 unspecified atom stereocenters. The molecule has 0 aliphatic carbocycles. The molecule has 1 amide bonds. The molecule has 2 rings (SSSR count). The summed E-state index contributed by atoms with van der Waals surface area (Å²) in [5, 5.41) is 5.98. The molecule has 1 aliphatic heterocycles. The molecule has 0 spiro atoms. The zero-order chi connectivity index (χ0) is 15.3. The van der Waals surface area contributed by atoms with Crippen LogP contribution in [0.15, 0.2) is 18.2 Å². The van der Waals surface area contributed by atoms with Crippen molar-refractivity contribution in [3.63, 3.8) is 0 Å². The number of hydrogen-bond acceptors (Lipinski definition) is 4. The van der Waals surface area contributed by atoms with Crippen molar-refractivity contribution < 1.29 is 18.3 Å². The third kappa shape index (κ3) is 4.35. The predicted octanol–water partition coefficient (Wildman–Crippen LogP) is 1.48. The quantitative estimate of drug-likeness (QED) is 0.835. The van der Waals surface area contributed by atoms with Crippen LogP contribution in [0.5, 0.6) is 5.88 Å². The molecule has 0 bridgehead atoms. The Morgan fingerprint density at radius 2 is 2.38 bits per heavy atom. The minimum Gasteiger partial charge on any atom is -0.472 e. The van der Waals surface area contributed by atoms with Crippen LogP contribution in [0.2, 0.25) is 0 Å². The van der Waals surface area contributed by atoms with Crippen LogP contribution in [0.1, 0.15) is 25.5 Å². The summed E-state index contributed by atoms with van der Waals surface area (Å²) in [4.78, 5) is 16.2. The highest BCUT2D eigenvalue weighted by Crippen LogP contribution is 2.18. The molecule has 7 heteroatoms. The van der Waals surface area contributed by atoms with Gasteiger partial charge in [-0.3, -0.25) is 4.79 Å². The van der Waals surface area contributed by atoms with Crippen LogP contribution in [-0.4, -0.2) is 36.0 Å². The highest BCUT2D eigenvalue weighted by molar-refractivity contribution is 5.86. The van der Waals surface area contributed by atoms with Crippen LogP contribution in [0.3, 0.4) is 0 Å². The number of rotatable bonds is 6. The highest BCUT2D eigenvalue weighted by atomic mass is 19.3. The Bertz CT molecular complexity index is 491. The van der Waals surface area contributed by atoms with Gasteiger partial charge in [-0.25, -0.2) is 13.8 Å². The average molecular weight is 299 g/mol. The van der Waals surface area contributed by atoms with E-state index >= 15 is 0 Å². The van der Waals surface area contributed by atoms with Gasteiger partial charge in [0.2, 0.25) is 11.8 Å². The number of ether oxygens (including phenoxy) is 1. The molecule has 0 radical (unpaired) electrons. The van der Waals surface area contributed by atoms with Gasteiger partial charge in [0.1, 0.15) is 0 Å². The number of hydrogen-bond donors (Lipinski definition) is 2. The summed E-state index contributed by atoms with van der Waals surface area (Å²) in [5.41, 5.74) is 0.0285. The fraction of sp³-hybridized carbons (Fsp3) is 0.571. The molecule has 0 saturated carbocycles. The number of carbonyl (C=O) groups excluding carboxylic acids is 1. The first kappa shape index (κ1) is 15.6. The molecule has 1 atom stereocenters. The summed E-state index contributed by atoms with van der Waals surface area (Å²) in [6, 6.07) is 4.87. The molecular weight excluding hydrogens is 280 g/mol. The summed E-state index contributed by atoms with van der Waals surface area (Å²) in [5.74, 6) is 0.0490. The van der Waals surface area contributed by atoms with Crippen LogP contribution in [0.4, 0.5) is 8.78 Å². The topological polar surface area (TPSA) is 63.2 Å². The molecule has 2 heterocycles. The monoisotopic (exact) mass is 299 g/mol. The van der Waals surface area contributed by atoms with Gasteiger partial charge in [-0.2, -0.15) is 0 Å². The molecule has 1 aliphatic rings. The molecule has 1 saturated heterocycles. The van der Waals surface area contributed by atoms with Gasteiger partial charge in [-0.05, 0) is 32.4 Å². The van der Waals surface area contributed by atoms with E-state index < -0.39 is 18.6 Å². The minimum atomic E-state index is -2.54. The van der Waals surface area contributed by atoms with Crippen LogP contribution in [0, 0.1) is 0 Å². The lowest BCUT2D eigenvalue weighted by molar-refractivity contribution is -0.126. The lowest BCUT2D eigenvalue weighted by Gasteiger charge is -2.22. The second-order valence-electron chi connectivity index (χ2n) is 5.21. The maximum atomic E-state index is 12.1. The molecule has 1 aromatic rings. The number of alkyl halides is 2. The molecule has 116 valence electrons. The Hall–Kier alpha value is -1.76. The Labute approximate surface area is 122 Å². The van der Waals surface area contributed by atoms with E-state index in [0.717, 1.165) is 19.4 Å². The van der Waals surface area contributed by atoms with E-state index in [1.807, 2.05) is 6.92 Å². The van der Waals surface area contributed by atoms with Crippen molar-refractivity contribution in [3.05, 3.63) is 23.9 Å². The molecule has 2 N–H and O–H groups in total. The summed E-state index contributed by atoms with van der Waals surface area (Å²) in [6.07, 6.45) is -0.772. The van der Waals surface area contributed by atoms with Gasteiger partial charge in [-0.15, -0.1) is 0 Å². The Balaban J connectivity index is 1.88. The maximum Gasteiger partial charge on any atom is 0.272 e. The molecule has 0 aromatic carbocycles. The van der Waals surface area contributed by atoms with E-state index in [0.29, 0.717) is 5.69 Å². The van der Waals surface area contributed by atoms with Crippen LogP contribution >= 0.6 is 0 Å². The van der Waals surface area contributed by atoms with Gasteiger partial charge in [0.15, 0.2) is 6.61 Å². The van der Waals surface area contributed by atoms with Crippen LogP contribution < -0.4 is 15.4 Å². The van der Waals surface area contributed by atoms with Crippen molar-refractivity contribution in [1.29, 1.82) is 0 Å². The zero-order valence-electron chi connectivity index (χ0n) is 11.9. The van der Waals surface area contributed by atoms with Gasteiger partial charge in [-0.1, -0.05) is 6.07 Å². The SMILES string of the molecule is CC1(C(=O)NCc2cccc(OCC(F)F)n2)CCCN1. The average Bonchev–Trinajstić information content (AvgIpc) is 2.91. The summed E-state index contributed by atoms with van der Waals surface area (Å²) in [6.45, 7) is 2.25. The van der Waals surface area contributed by atoms with Gasteiger partial charge >= 0.3 is 0 Å². The number of nitrogens with zero attached hydrogens (tertiary/aromatic N) is 1. The third-order valence-corrected chi connectivity index (χ3v) is 3.44. The molecular formula is C14H19F2N3O2. The maximum absolute atomic E-state index is 12.1. The second-order valence-corrected chi connectivity index (χ2v) is 5.21. The van der Waals surface area contributed by atoms with Crippen molar-refractivity contribution in [2.45, 2.75) is 38.3 Å². The Kier molecular flexibility index (Phi) is 5.06. The first-order valence-electron chi connectivity index (χ1n) is 6.90. The molecule has 5 nitrogen and oxygen atoms in total. The first-order chi connectivity index (χ1) is 9.99. The van der Waals surface area contributed by atoms with Crippen LogP contribution in [-0.2, 0) is 11.3 Å². The predicted molar refractivity (Wildman–Crippen MR) is 73.2 cm³/mol. The van der Waals surface area contributed by atoms with Gasteiger partial charge < -0.3 is 15.4 Å². The van der Waals surface area contributed by atoms with Crippen molar-refractivity contribution in [2.75, 3.05) is 13.2 Å². The van der Waals surface area contributed by atoms with E-state index in [2.05, 4.69) is 15.6 Å². The number of halogens is 2. The Morgan fingerprint density at radius 1 is 1.57 bits per heavy atom. The lowest BCUT2D eigenvalue weighted by atomic mass is 9.99. The fourth-order valence-corrected chi connectivity index (χ4v) is 2.24. The molecule has 1 fully saturated rings. The summed E-state index contributed by atoms with van der Waals surface area (Å²) in [7, 11) is 0. The number of aromatic nitrogens is 1. The van der Waals surface area contributed by atoms with E-state index in [4.69, 9.17) is 4.74 Å². The zero-order valence-corrected chi connectivity index (χ0v) is 11.9. The van der Waals surface area contributed by atoms with E-state index in [1.165, 1.54) is 6.07 Å². The highest BCUT2D eigenvalue weighted by Gasteiger charge is 2.35. The molecule has 1 aromatic heterocycles. The number of carbonyl (C=O) groups is 1. The normalized spacial score (nSPS) is 21.5. The van der Waals surface area contributed by atoms with Gasteiger partial charge in [0, 0.05) is 6.07 Å². The second kappa shape index (κ2) is 6.80. The lowest BCUT2D eigenvalue weighted by Crippen LogP contribution is -2.50. The van der Waals surface area contributed by atoms with Crippen molar-refractivity contribution >= 4 is 5.91 Å². The standard InChI is InChI=1S/C14H19F2N3O2/c1-14(6-3-7-18-14)13(20)17-8-10-4-2-5-12(19-10)21-9-11(15)16/h2,4-5,11,18H,3,6-9H2,1H3,(H,17,20). The van der Waals surface area contributed by atoms with E-state index in [1.54, 1.807) is 12.1 Å². The van der Waals surface area contributed by atoms with E-state index in [9.17, 15) is 13.6 Å². The number of nitrogens with one attached hydrogen (secondary N) is 2. The van der Waals surface area contributed by atoms with Crippen LogP contribution in [0.25, 0.3) is 0 Å². The fourth-order valence-electron chi connectivity index (χ4n) is 2.24. The summed E-state index contributed by atoms with van der Waals surface area (Å²) < 4.78 is 29.0. The van der Waals surface area contributed by atoms with Gasteiger partial charge in [0.05, 0.1) is 17.8 Å². The smallest absolute Gasteiger partial charge is 0.272 e. The van der Waals surface area contributed by atoms with Gasteiger partial charge in [0.25, 0.3) is 6.43 Å². The number of amides is 1. The molecule has 21 heavy (non-hydrogen) atoms. The first-order valence-corrected chi connectivity index (χ1v) is 6.90. The minimum absolute atomic E-state index is 0.0827. The third-order valence-electron chi connectivity index (χ3n) is 3.44. The number of pyridine rings is 1. The van der Waals surface area contributed by atoms with E-state index in [-0.39, 0.29) is 18.3 Å². The van der Waals surface area contributed by atoms with Crippen molar-refractivity contribution in [2.24, 2.45) is 0 Å².